The summed E-state index contributed by atoms with van der Waals surface area (Å²) in [6.45, 7) is 11.7. The molecule has 206 valence electrons. The summed E-state index contributed by atoms with van der Waals surface area (Å²) < 4.78 is 4.85. The zero-order valence-electron chi connectivity index (χ0n) is 22.0. The Morgan fingerprint density at radius 1 is 1.29 bits per heavy atom. The molecule has 0 radical (unpaired) electrons. The maximum Gasteiger partial charge on any atom is 0.310 e. The number of unbranched alkanes of at least 4 members (excludes halogenated alkanes) is 1. The number of aliphatic hydroxyl groups is 1. The van der Waals surface area contributed by atoms with Crippen LogP contribution in [-0.4, -0.2) is 79.4 Å². The van der Waals surface area contributed by atoms with E-state index in [2.05, 4.69) is 29.1 Å². The first kappa shape index (κ1) is 28.9. The third kappa shape index (κ3) is 4.86. The number of carbonyl (C=O) groups is 3. The summed E-state index contributed by atoms with van der Waals surface area (Å²) in [6, 6.07) is 7.61. The van der Waals surface area contributed by atoms with Crippen molar-refractivity contribution < 1.29 is 24.2 Å². The smallest absolute Gasteiger partial charge is 0.310 e. The van der Waals surface area contributed by atoms with Gasteiger partial charge in [-0.2, -0.15) is 0 Å². The zero-order chi connectivity index (χ0) is 27.6. The van der Waals surface area contributed by atoms with Gasteiger partial charge in [-0.15, -0.1) is 24.9 Å². The van der Waals surface area contributed by atoms with Crippen LogP contribution in [0.15, 0.2) is 55.6 Å². The van der Waals surface area contributed by atoms with Gasteiger partial charge in [-0.1, -0.05) is 58.4 Å². The number of alkyl halides is 1. The van der Waals surface area contributed by atoms with E-state index >= 15 is 0 Å². The van der Waals surface area contributed by atoms with Crippen LogP contribution >= 0.6 is 27.7 Å². The fourth-order valence-corrected chi connectivity index (χ4v) is 9.91. The van der Waals surface area contributed by atoms with Crippen molar-refractivity contribution in [3.05, 3.63) is 61.2 Å². The highest BCUT2D eigenvalue weighted by Crippen LogP contribution is 2.68. The van der Waals surface area contributed by atoms with Crippen molar-refractivity contribution >= 4 is 45.5 Å². The number of likely N-dealkylation sites (tertiary alicyclic amines) is 1. The molecule has 1 N–H and O–H groups in total. The lowest BCUT2D eigenvalue weighted by atomic mass is 9.71. The summed E-state index contributed by atoms with van der Waals surface area (Å²) in [4.78, 5) is 45.5. The van der Waals surface area contributed by atoms with Crippen LogP contribution in [0.1, 0.15) is 44.7 Å². The van der Waals surface area contributed by atoms with E-state index in [0.717, 1.165) is 12.0 Å². The maximum atomic E-state index is 14.4. The maximum absolute atomic E-state index is 14.4. The molecule has 4 rings (SSSR count). The van der Waals surface area contributed by atoms with E-state index in [4.69, 9.17) is 4.74 Å². The molecule has 7 nitrogen and oxygen atoms in total. The van der Waals surface area contributed by atoms with E-state index in [1.807, 2.05) is 44.2 Å². The van der Waals surface area contributed by atoms with Crippen LogP contribution in [0.25, 0.3) is 0 Å². The number of halogens is 1. The second-order valence-electron chi connectivity index (χ2n) is 10.5. The number of carbonyl (C=O) groups excluding carboxylic acids is 3. The molecular formula is C29H37BrN2O5S. The Morgan fingerprint density at radius 3 is 2.61 bits per heavy atom. The zero-order valence-corrected chi connectivity index (χ0v) is 24.4. The topological polar surface area (TPSA) is 87.2 Å². The number of ether oxygens (including phenoxy) is 1. The second kappa shape index (κ2) is 12.0. The van der Waals surface area contributed by atoms with Crippen LogP contribution in [0, 0.1) is 11.8 Å². The summed E-state index contributed by atoms with van der Waals surface area (Å²) in [7, 11) is 0. The van der Waals surface area contributed by atoms with Crippen molar-refractivity contribution in [2.24, 2.45) is 11.8 Å². The first-order valence-corrected chi connectivity index (χ1v) is 15.0. The van der Waals surface area contributed by atoms with Gasteiger partial charge in [0, 0.05) is 22.7 Å². The highest BCUT2D eigenvalue weighted by atomic mass is 79.9. The fraction of sp³-hybridized carbons (Fsp3) is 0.552. The molecule has 3 heterocycles. The second-order valence-corrected chi connectivity index (χ2v) is 13.2. The van der Waals surface area contributed by atoms with Gasteiger partial charge in [0.15, 0.2) is 0 Å². The molecular weight excluding hydrogens is 568 g/mol. The molecule has 0 saturated carbocycles. The number of hydrogen-bond donors (Lipinski definition) is 1. The van der Waals surface area contributed by atoms with Gasteiger partial charge in [-0.25, -0.2) is 0 Å². The third-order valence-corrected chi connectivity index (χ3v) is 11.2. The predicted octanol–water partition coefficient (Wildman–Crippen LogP) is 4.12. The highest BCUT2D eigenvalue weighted by molar-refractivity contribution is 9.09. The molecule has 9 heteroatoms. The number of esters is 1. The van der Waals surface area contributed by atoms with Gasteiger partial charge in [0.25, 0.3) is 0 Å². The molecule has 3 fully saturated rings. The predicted molar refractivity (Wildman–Crippen MR) is 153 cm³/mol. The van der Waals surface area contributed by atoms with E-state index in [0.29, 0.717) is 19.4 Å². The van der Waals surface area contributed by atoms with Gasteiger partial charge < -0.3 is 19.6 Å². The number of aliphatic hydroxyl groups excluding tert-OH is 1. The summed E-state index contributed by atoms with van der Waals surface area (Å²) in [6.07, 6.45) is 5.43. The van der Waals surface area contributed by atoms with Crippen molar-refractivity contribution in [2.45, 2.75) is 66.1 Å². The molecule has 3 unspecified atom stereocenters. The van der Waals surface area contributed by atoms with E-state index < -0.39 is 34.6 Å². The fourth-order valence-electron chi connectivity index (χ4n) is 6.33. The number of rotatable bonds is 12. The Balaban J connectivity index is 1.79. The number of fused-ring (bicyclic) bond motifs is 1. The molecule has 0 aromatic heterocycles. The number of amides is 2. The molecule has 2 bridgehead atoms. The molecule has 38 heavy (non-hydrogen) atoms. The normalized spacial score (nSPS) is 30.3. The van der Waals surface area contributed by atoms with Crippen LogP contribution in [0.4, 0.5) is 0 Å². The first-order chi connectivity index (χ1) is 18.2. The number of allylic oxidation sites excluding steroid dienone is 1. The summed E-state index contributed by atoms with van der Waals surface area (Å²) in [5.74, 6) is -2.22. The minimum atomic E-state index is -0.840. The molecule has 1 aromatic carbocycles. The van der Waals surface area contributed by atoms with Crippen molar-refractivity contribution in [3.63, 3.8) is 0 Å². The lowest BCUT2D eigenvalue weighted by molar-refractivity contribution is -0.154. The molecule has 3 saturated heterocycles. The Kier molecular flexibility index (Phi) is 9.10. The SMILES string of the molecule is C=CCCCOC(=O)[C@H]1[C@@H]2SC3(CC2Br)C(C(=O)N(CC=C)C(C)C)N([C@H](CO)c2ccccc2)C(=O)[C@H]13. The molecule has 2 amide bonds. The van der Waals surface area contributed by atoms with Gasteiger partial charge in [-0.05, 0) is 38.7 Å². The monoisotopic (exact) mass is 604 g/mol. The summed E-state index contributed by atoms with van der Waals surface area (Å²) in [5.41, 5.74) is 0.746. The van der Waals surface area contributed by atoms with Gasteiger partial charge in [0.05, 0.1) is 35.8 Å². The number of nitrogens with zero attached hydrogens (tertiary/aromatic N) is 2. The molecule has 0 aliphatic carbocycles. The molecule has 3 aliphatic rings. The lowest BCUT2D eigenvalue weighted by Gasteiger charge is -2.41. The number of benzene rings is 1. The van der Waals surface area contributed by atoms with Crippen molar-refractivity contribution in [3.8, 4) is 0 Å². The Bertz CT molecular complexity index is 1070. The average Bonchev–Trinajstić information content (AvgIpc) is 3.49. The molecule has 1 spiro atoms. The standard InChI is InChI=1S/C29H37BrN2O5S/c1-5-7-11-15-37-28(36)22-23-26(34)32(21(17-33)19-12-9-8-10-13-19)25(27(35)31(14-6-2)18(3)4)29(23)16-20(30)24(22)38-29/h5-6,8-10,12-13,18,20-25,33H,1-2,7,11,14-17H2,3-4H3/t20?,21-,22-,23+,24-,25?,29?/m1/s1. The third-order valence-electron chi connectivity index (χ3n) is 7.96. The van der Waals surface area contributed by atoms with E-state index in [1.165, 1.54) is 0 Å². The Hall–Kier alpha value is -2.10. The summed E-state index contributed by atoms with van der Waals surface area (Å²) >= 11 is 5.35. The average molecular weight is 606 g/mol. The quantitative estimate of drug-likeness (QED) is 0.167. The molecule has 3 aliphatic heterocycles. The van der Waals surface area contributed by atoms with E-state index in [-0.39, 0.29) is 41.1 Å². The summed E-state index contributed by atoms with van der Waals surface area (Å²) in [5, 5.41) is 10.4. The number of thioether (sulfide) groups is 1. The molecule has 7 atom stereocenters. The van der Waals surface area contributed by atoms with Crippen LogP contribution < -0.4 is 0 Å². The number of hydrogen-bond acceptors (Lipinski definition) is 6. The van der Waals surface area contributed by atoms with Crippen LogP contribution in [0.2, 0.25) is 0 Å². The van der Waals surface area contributed by atoms with E-state index in [9.17, 15) is 19.5 Å². The van der Waals surface area contributed by atoms with Crippen molar-refractivity contribution in [2.75, 3.05) is 19.8 Å². The first-order valence-electron chi connectivity index (χ1n) is 13.2. The minimum Gasteiger partial charge on any atom is -0.465 e. The van der Waals surface area contributed by atoms with Crippen molar-refractivity contribution in [1.82, 2.24) is 9.80 Å². The largest absolute Gasteiger partial charge is 0.465 e. The van der Waals surface area contributed by atoms with Crippen molar-refractivity contribution in [1.29, 1.82) is 0 Å². The van der Waals surface area contributed by atoms with Gasteiger partial charge in [0.1, 0.15) is 6.04 Å². The Labute approximate surface area is 237 Å². The van der Waals surface area contributed by atoms with Crippen LogP contribution in [0.3, 0.4) is 0 Å². The van der Waals surface area contributed by atoms with Crippen LogP contribution in [-0.2, 0) is 19.1 Å². The van der Waals surface area contributed by atoms with Crippen LogP contribution in [0.5, 0.6) is 0 Å². The van der Waals surface area contributed by atoms with Gasteiger partial charge in [0.2, 0.25) is 11.8 Å². The van der Waals surface area contributed by atoms with Gasteiger partial charge >= 0.3 is 5.97 Å². The molecule has 1 aromatic rings. The Morgan fingerprint density at radius 2 is 2.00 bits per heavy atom. The minimum absolute atomic E-state index is 0.0475. The van der Waals surface area contributed by atoms with Gasteiger partial charge in [-0.3, -0.25) is 14.4 Å². The lowest BCUT2D eigenvalue weighted by Crippen LogP contribution is -2.57. The highest BCUT2D eigenvalue weighted by Gasteiger charge is 2.76. The van der Waals surface area contributed by atoms with E-state index in [1.54, 1.807) is 33.7 Å².